The lowest BCUT2D eigenvalue weighted by Crippen LogP contribution is -2.43. The van der Waals surface area contributed by atoms with Gasteiger partial charge in [-0.3, -0.25) is 4.79 Å². The van der Waals surface area contributed by atoms with Crippen LogP contribution >= 0.6 is 11.3 Å². The van der Waals surface area contributed by atoms with E-state index >= 15 is 0 Å². The number of nitrogens with one attached hydrogen (secondary N) is 2. The van der Waals surface area contributed by atoms with Gasteiger partial charge < -0.3 is 5.32 Å². The molecule has 152 valence electrons. The summed E-state index contributed by atoms with van der Waals surface area (Å²) in [5.41, 5.74) is -0.0128. The van der Waals surface area contributed by atoms with Gasteiger partial charge in [0, 0.05) is 16.8 Å². The number of benzene rings is 2. The quantitative estimate of drug-likeness (QED) is 0.601. The molecule has 0 bridgehead atoms. The zero-order valence-electron chi connectivity index (χ0n) is 16.1. The second-order valence-electron chi connectivity index (χ2n) is 7.57. The largest absolute Gasteiger partial charge is 0.354 e. The first-order valence-electron chi connectivity index (χ1n) is 9.78. The summed E-state index contributed by atoms with van der Waals surface area (Å²) in [7, 11) is -3.75. The van der Waals surface area contributed by atoms with Gasteiger partial charge in [0.15, 0.2) is 0 Å². The number of hydrogen-bond acceptors (Lipinski definition) is 4. The summed E-state index contributed by atoms with van der Waals surface area (Å²) in [5.74, 6) is -0.308. The fraction of sp³-hybridized carbons (Fsp3) is 0.318. The van der Waals surface area contributed by atoms with Crippen LogP contribution in [0, 0.1) is 0 Å². The number of carbonyl (C=O) groups excluding carboxylic acids is 1. The number of fused-ring (bicyclic) bond motifs is 1. The van der Waals surface area contributed by atoms with Crippen LogP contribution in [0.2, 0.25) is 0 Å². The molecule has 0 radical (unpaired) electrons. The Morgan fingerprint density at radius 2 is 1.76 bits per heavy atom. The molecule has 0 saturated heterocycles. The van der Waals surface area contributed by atoms with Crippen molar-refractivity contribution in [3.8, 4) is 0 Å². The molecule has 0 atom stereocenters. The third kappa shape index (κ3) is 4.37. The molecule has 1 aromatic heterocycles. The Morgan fingerprint density at radius 1 is 1.00 bits per heavy atom. The molecule has 7 heteroatoms. The van der Waals surface area contributed by atoms with Crippen molar-refractivity contribution in [2.75, 3.05) is 13.1 Å². The van der Waals surface area contributed by atoms with Crippen LogP contribution in [-0.2, 0) is 20.2 Å². The summed E-state index contributed by atoms with van der Waals surface area (Å²) >= 11 is 1.72. The van der Waals surface area contributed by atoms with Gasteiger partial charge in [0.1, 0.15) is 0 Å². The van der Waals surface area contributed by atoms with Crippen molar-refractivity contribution in [3.63, 3.8) is 0 Å². The lowest BCUT2D eigenvalue weighted by Gasteiger charge is -2.28. The maximum Gasteiger partial charge on any atom is 0.241 e. The molecule has 2 N–H and O–H groups in total. The summed E-state index contributed by atoms with van der Waals surface area (Å²) in [6.45, 7) is 0.278. The highest BCUT2D eigenvalue weighted by molar-refractivity contribution is 7.89. The van der Waals surface area contributed by atoms with E-state index in [2.05, 4.69) is 21.5 Å². The van der Waals surface area contributed by atoms with Crippen LogP contribution in [0.25, 0.3) is 10.8 Å². The molecule has 0 aliphatic heterocycles. The van der Waals surface area contributed by atoms with Crippen LogP contribution in [0.5, 0.6) is 0 Å². The number of hydrogen-bond donors (Lipinski definition) is 2. The van der Waals surface area contributed by atoms with Gasteiger partial charge in [-0.1, -0.05) is 49.2 Å². The first-order chi connectivity index (χ1) is 14.0. The summed E-state index contributed by atoms with van der Waals surface area (Å²) in [5, 5.41) is 6.83. The highest BCUT2D eigenvalue weighted by Crippen LogP contribution is 2.42. The first-order valence-corrected chi connectivity index (χ1v) is 12.1. The molecule has 1 fully saturated rings. The molecule has 3 aromatic rings. The van der Waals surface area contributed by atoms with E-state index in [0.717, 1.165) is 36.5 Å². The SMILES string of the molecule is O=C(CNS(=O)(=O)c1ccc2ccccc2c1)NCC1(c2cccs2)CCCC1. The fourth-order valence-electron chi connectivity index (χ4n) is 4.05. The van der Waals surface area contributed by atoms with E-state index in [1.165, 1.54) is 4.88 Å². The first kappa shape index (κ1) is 20.1. The number of rotatable bonds is 7. The molecule has 1 aliphatic carbocycles. The van der Waals surface area contributed by atoms with Gasteiger partial charge in [-0.2, -0.15) is 0 Å². The summed E-state index contributed by atoms with van der Waals surface area (Å²) in [4.78, 5) is 13.8. The molecule has 29 heavy (non-hydrogen) atoms. The molecule has 1 amide bonds. The third-order valence-electron chi connectivity index (χ3n) is 5.68. The van der Waals surface area contributed by atoms with E-state index in [-0.39, 0.29) is 22.8 Å². The number of amides is 1. The molecule has 1 aliphatic rings. The summed E-state index contributed by atoms with van der Waals surface area (Å²) < 4.78 is 27.6. The zero-order valence-corrected chi connectivity index (χ0v) is 17.7. The van der Waals surface area contributed by atoms with Crippen molar-refractivity contribution >= 4 is 38.0 Å². The third-order valence-corrected chi connectivity index (χ3v) is 8.20. The normalized spacial score (nSPS) is 16.1. The Bertz CT molecular complexity index is 1100. The molecular formula is C22H24N2O3S2. The van der Waals surface area contributed by atoms with Crippen molar-refractivity contribution in [3.05, 3.63) is 64.9 Å². The molecule has 1 saturated carbocycles. The van der Waals surface area contributed by atoms with Crippen molar-refractivity contribution < 1.29 is 13.2 Å². The predicted octanol–water partition coefficient (Wildman–Crippen LogP) is 3.81. The Kier molecular flexibility index (Phi) is 5.72. The molecule has 0 unspecified atom stereocenters. The van der Waals surface area contributed by atoms with Gasteiger partial charge in [-0.25, -0.2) is 13.1 Å². The minimum Gasteiger partial charge on any atom is -0.354 e. The van der Waals surface area contributed by atoms with Gasteiger partial charge in [0.25, 0.3) is 0 Å². The Morgan fingerprint density at radius 3 is 2.48 bits per heavy atom. The smallest absolute Gasteiger partial charge is 0.241 e. The molecule has 5 nitrogen and oxygen atoms in total. The van der Waals surface area contributed by atoms with Crippen molar-refractivity contribution in [2.24, 2.45) is 0 Å². The Labute approximate surface area is 175 Å². The molecule has 2 aromatic carbocycles. The standard InChI is InChI=1S/C22H24N2O3S2/c25-21(23-16-22(11-3-4-12-22)20-8-5-13-28-20)15-24-29(26,27)19-10-9-17-6-1-2-7-18(17)14-19/h1-2,5-10,13-14,24H,3-4,11-12,15-16H2,(H,23,25). The highest BCUT2D eigenvalue weighted by atomic mass is 32.2. The maximum absolute atomic E-state index is 12.6. The summed E-state index contributed by atoms with van der Waals surface area (Å²) in [6, 6.07) is 16.7. The Hall–Kier alpha value is -2.22. The van der Waals surface area contributed by atoms with E-state index in [0.29, 0.717) is 6.54 Å². The van der Waals surface area contributed by atoms with Crippen molar-refractivity contribution in [2.45, 2.75) is 36.0 Å². The second-order valence-corrected chi connectivity index (χ2v) is 10.3. The van der Waals surface area contributed by atoms with E-state index in [4.69, 9.17) is 0 Å². The van der Waals surface area contributed by atoms with E-state index in [1.54, 1.807) is 29.5 Å². The van der Waals surface area contributed by atoms with Crippen molar-refractivity contribution in [1.82, 2.24) is 10.0 Å². The Balaban J connectivity index is 1.38. The van der Waals surface area contributed by atoms with Gasteiger partial charge in [0.2, 0.25) is 15.9 Å². The number of thiophene rings is 1. The van der Waals surface area contributed by atoms with E-state index in [1.807, 2.05) is 30.3 Å². The highest BCUT2D eigenvalue weighted by Gasteiger charge is 2.36. The lowest BCUT2D eigenvalue weighted by molar-refractivity contribution is -0.120. The second kappa shape index (κ2) is 8.26. The average Bonchev–Trinajstić information content (AvgIpc) is 3.43. The van der Waals surface area contributed by atoms with Crippen LogP contribution in [0.15, 0.2) is 64.9 Å². The lowest BCUT2D eigenvalue weighted by atomic mass is 9.84. The van der Waals surface area contributed by atoms with Crippen molar-refractivity contribution in [1.29, 1.82) is 0 Å². The fourth-order valence-corrected chi connectivity index (χ4v) is 6.06. The van der Waals surface area contributed by atoms with Crippen LogP contribution in [0.1, 0.15) is 30.6 Å². The zero-order chi connectivity index (χ0) is 20.3. The van der Waals surface area contributed by atoms with Gasteiger partial charge in [0.05, 0.1) is 11.4 Å². The van der Waals surface area contributed by atoms with E-state index in [9.17, 15) is 13.2 Å². The number of carbonyl (C=O) groups is 1. The van der Waals surface area contributed by atoms with Crippen LogP contribution in [0.3, 0.4) is 0 Å². The van der Waals surface area contributed by atoms with Gasteiger partial charge in [-0.15, -0.1) is 11.3 Å². The minimum atomic E-state index is -3.75. The average molecular weight is 429 g/mol. The van der Waals surface area contributed by atoms with Crippen LogP contribution in [-0.4, -0.2) is 27.4 Å². The van der Waals surface area contributed by atoms with Crippen LogP contribution < -0.4 is 10.0 Å². The molecule has 0 spiro atoms. The number of sulfonamides is 1. The molecular weight excluding hydrogens is 404 g/mol. The topological polar surface area (TPSA) is 75.3 Å². The minimum absolute atomic E-state index is 0.0128. The van der Waals surface area contributed by atoms with E-state index < -0.39 is 10.0 Å². The predicted molar refractivity (Wildman–Crippen MR) is 117 cm³/mol. The van der Waals surface area contributed by atoms with Crippen LogP contribution in [0.4, 0.5) is 0 Å². The monoisotopic (exact) mass is 428 g/mol. The van der Waals surface area contributed by atoms with Gasteiger partial charge in [-0.05, 0) is 47.2 Å². The summed E-state index contributed by atoms with van der Waals surface area (Å²) in [6.07, 6.45) is 4.41. The van der Waals surface area contributed by atoms with Gasteiger partial charge >= 0.3 is 0 Å². The molecule has 4 rings (SSSR count). The molecule has 1 heterocycles. The maximum atomic E-state index is 12.6.